The summed E-state index contributed by atoms with van der Waals surface area (Å²) in [5, 5.41) is 8.27. The summed E-state index contributed by atoms with van der Waals surface area (Å²) in [4.78, 5) is 12.6. The molecule has 0 unspecified atom stereocenters. The van der Waals surface area contributed by atoms with Gasteiger partial charge in [0.25, 0.3) is 0 Å². The molecule has 19 heavy (non-hydrogen) atoms. The Kier molecular flexibility index (Phi) is 4.03. The van der Waals surface area contributed by atoms with Crippen LogP contribution in [0.2, 0.25) is 0 Å². The van der Waals surface area contributed by atoms with Gasteiger partial charge in [0.15, 0.2) is 0 Å². The van der Waals surface area contributed by atoms with Crippen LogP contribution in [0, 0.1) is 0 Å². The lowest BCUT2D eigenvalue weighted by molar-refractivity contribution is 0.112. The SMILES string of the molecule is CN(C)c1ccc(/N=N/c2ccc(C=O)cc2)cc1. The largest absolute Gasteiger partial charge is 0.378 e. The minimum atomic E-state index is 0.634. The number of benzene rings is 2. The molecule has 0 saturated carbocycles. The van der Waals surface area contributed by atoms with Crippen LogP contribution in [0.5, 0.6) is 0 Å². The van der Waals surface area contributed by atoms with Crippen molar-refractivity contribution in [2.45, 2.75) is 0 Å². The van der Waals surface area contributed by atoms with Crippen LogP contribution in [0.15, 0.2) is 58.8 Å². The van der Waals surface area contributed by atoms with Gasteiger partial charge < -0.3 is 4.90 Å². The second kappa shape index (κ2) is 5.91. The van der Waals surface area contributed by atoms with E-state index in [2.05, 4.69) is 10.2 Å². The summed E-state index contributed by atoms with van der Waals surface area (Å²) in [6, 6.07) is 14.8. The number of carbonyl (C=O) groups excluding carboxylic acids is 1. The predicted molar refractivity (Wildman–Crippen MR) is 76.8 cm³/mol. The highest BCUT2D eigenvalue weighted by molar-refractivity contribution is 5.75. The summed E-state index contributed by atoms with van der Waals surface area (Å²) in [5.41, 5.74) is 3.27. The van der Waals surface area contributed by atoms with Crippen molar-refractivity contribution in [2.75, 3.05) is 19.0 Å². The summed E-state index contributed by atoms with van der Waals surface area (Å²) in [6.45, 7) is 0. The zero-order valence-corrected chi connectivity index (χ0v) is 10.9. The molecule has 4 nitrogen and oxygen atoms in total. The Morgan fingerprint density at radius 2 is 1.32 bits per heavy atom. The highest BCUT2D eigenvalue weighted by Gasteiger charge is 1.95. The molecule has 0 saturated heterocycles. The Morgan fingerprint density at radius 3 is 1.74 bits per heavy atom. The van der Waals surface area contributed by atoms with Crippen molar-refractivity contribution < 1.29 is 4.79 Å². The maximum atomic E-state index is 10.5. The van der Waals surface area contributed by atoms with Gasteiger partial charge in [-0.05, 0) is 48.5 Å². The first kappa shape index (κ1) is 13.0. The Balaban J connectivity index is 2.10. The highest BCUT2D eigenvalue weighted by atomic mass is 16.1. The summed E-state index contributed by atoms with van der Waals surface area (Å²) >= 11 is 0. The van der Waals surface area contributed by atoms with E-state index in [0.29, 0.717) is 5.56 Å². The third-order valence-electron chi connectivity index (χ3n) is 2.68. The van der Waals surface area contributed by atoms with E-state index in [0.717, 1.165) is 23.3 Å². The van der Waals surface area contributed by atoms with Gasteiger partial charge >= 0.3 is 0 Å². The molecule has 0 aromatic heterocycles. The summed E-state index contributed by atoms with van der Waals surface area (Å²) in [7, 11) is 3.98. The summed E-state index contributed by atoms with van der Waals surface area (Å²) in [5.74, 6) is 0. The molecular formula is C15H15N3O. The van der Waals surface area contributed by atoms with Crippen LogP contribution in [-0.4, -0.2) is 20.4 Å². The lowest BCUT2D eigenvalue weighted by Gasteiger charge is -2.11. The second-order valence-corrected chi connectivity index (χ2v) is 4.32. The molecule has 0 heterocycles. The molecule has 0 N–H and O–H groups in total. The number of aldehydes is 1. The zero-order chi connectivity index (χ0) is 13.7. The van der Waals surface area contributed by atoms with Gasteiger partial charge in [0.1, 0.15) is 6.29 Å². The molecule has 0 spiro atoms. The van der Waals surface area contributed by atoms with Crippen molar-refractivity contribution in [3.8, 4) is 0 Å². The van der Waals surface area contributed by atoms with Gasteiger partial charge in [-0.2, -0.15) is 10.2 Å². The van der Waals surface area contributed by atoms with Crippen LogP contribution in [0.3, 0.4) is 0 Å². The predicted octanol–water partition coefficient (Wildman–Crippen LogP) is 3.98. The van der Waals surface area contributed by atoms with Crippen LogP contribution in [0.1, 0.15) is 10.4 Å². The first-order chi connectivity index (χ1) is 9.19. The third kappa shape index (κ3) is 3.48. The van der Waals surface area contributed by atoms with Gasteiger partial charge in [-0.1, -0.05) is 0 Å². The molecule has 0 atom stereocenters. The van der Waals surface area contributed by atoms with E-state index in [1.807, 2.05) is 43.3 Å². The molecule has 4 heteroatoms. The molecule has 0 aliphatic heterocycles. The first-order valence-electron chi connectivity index (χ1n) is 5.93. The average Bonchev–Trinajstić information content (AvgIpc) is 2.46. The number of hydrogen-bond acceptors (Lipinski definition) is 4. The van der Waals surface area contributed by atoms with Gasteiger partial charge in [-0.3, -0.25) is 4.79 Å². The standard InChI is InChI=1S/C15H15N3O/c1-18(2)15-9-7-14(8-10-15)17-16-13-5-3-12(11-19)4-6-13/h3-11H,1-2H3/b17-16+. The molecular weight excluding hydrogens is 238 g/mol. The van der Waals surface area contributed by atoms with Crippen LogP contribution in [-0.2, 0) is 0 Å². The maximum Gasteiger partial charge on any atom is 0.150 e. The smallest absolute Gasteiger partial charge is 0.150 e. The van der Waals surface area contributed by atoms with E-state index in [1.54, 1.807) is 24.3 Å². The average molecular weight is 253 g/mol. The number of hydrogen-bond donors (Lipinski definition) is 0. The number of rotatable bonds is 4. The van der Waals surface area contributed by atoms with Gasteiger partial charge in [0, 0.05) is 25.3 Å². The van der Waals surface area contributed by atoms with Crippen LogP contribution in [0.4, 0.5) is 17.1 Å². The molecule has 0 radical (unpaired) electrons. The van der Waals surface area contributed by atoms with E-state index in [4.69, 9.17) is 0 Å². The third-order valence-corrected chi connectivity index (χ3v) is 2.68. The highest BCUT2D eigenvalue weighted by Crippen LogP contribution is 2.21. The molecule has 96 valence electrons. The van der Waals surface area contributed by atoms with E-state index >= 15 is 0 Å². The van der Waals surface area contributed by atoms with E-state index in [-0.39, 0.29) is 0 Å². The van der Waals surface area contributed by atoms with Crippen LogP contribution >= 0.6 is 0 Å². The number of anilines is 1. The zero-order valence-electron chi connectivity index (χ0n) is 10.9. The van der Waals surface area contributed by atoms with Crippen molar-refractivity contribution in [2.24, 2.45) is 10.2 Å². The molecule has 2 aromatic rings. The fraction of sp³-hybridized carbons (Fsp3) is 0.133. The molecule has 0 aliphatic carbocycles. The lowest BCUT2D eigenvalue weighted by Crippen LogP contribution is -2.07. The summed E-state index contributed by atoms with van der Waals surface area (Å²) in [6.07, 6.45) is 0.806. The molecule has 0 aliphatic rings. The first-order valence-corrected chi connectivity index (χ1v) is 5.93. The van der Waals surface area contributed by atoms with Gasteiger partial charge in [-0.25, -0.2) is 0 Å². The van der Waals surface area contributed by atoms with E-state index in [1.165, 1.54) is 0 Å². The van der Waals surface area contributed by atoms with E-state index in [9.17, 15) is 4.79 Å². The second-order valence-electron chi connectivity index (χ2n) is 4.32. The van der Waals surface area contributed by atoms with Crippen molar-refractivity contribution in [3.05, 3.63) is 54.1 Å². The van der Waals surface area contributed by atoms with Crippen molar-refractivity contribution in [1.82, 2.24) is 0 Å². The molecule has 0 fully saturated rings. The van der Waals surface area contributed by atoms with Crippen molar-refractivity contribution in [1.29, 1.82) is 0 Å². The Hall–Kier alpha value is -2.49. The normalized spacial score (nSPS) is 10.6. The van der Waals surface area contributed by atoms with Gasteiger partial charge in [0.05, 0.1) is 11.4 Å². The maximum absolute atomic E-state index is 10.5. The fourth-order valence-electron chi connectivity index (χ4n) is 1.55. The lowest BCUT2D eigenvalue weighted by atomic mass is 10.2. The molecule has 2 aromatic carbocycles. The van der Waals surface area contributed by atoms with E-state index < -0.39 is 0 Å². The molecule has 0 bridgehead atoms. The Morgan fingerprint density at radius 1 is 0.842 bits per heavy atom. The number of nitrogens with zero attached hydrogens (tertiary/aromatic N) is 3. The topological polar surface area (TPSA) is 45.0 Å². The van der Waals surface area contributed by atoms with Crippen LogP contribution in [0.25, 0.3) is 0 Å². The van der Waals surface area contributed by atoms with Crippen molar-refractivity contribution in [3.63, 3.8) is 0 Å². The van der Waals surface area contributed by atoms with Crippen LogP contribution < -0.4 is 4.90 Å². The van der Waals surface area contributed by atoms with Crippen molar-refractivity contribution >= 4 is 23.3 Å². The molecule has 0 amide bonds. The minimum Gasteiger partial charge on any atom is -0.378 e. The molecule has 2 rings (SSSR count). The monoisotopic (exact) mass is 253 g/mol. The quantitative estimate of drug-likeness (QED) is 0.611. The summed E-state index contributed by atoms with van der Waals surface area (Å²) < 4.78 is 0. The fourth-order valence-corrected chi connectivity index (χ4v) is 1.55. The Bertz CT molecular complexity index is 571. The number of azo groups is 1. The minimum absolute atomic E-state index is 0.634. The number of carbonyl (C=O) groups is 1. The Labute approximate surface area is 112 Å². The van der Waals surface area contributed by atoms with Gasteiger partial charge in [-0.15, -0.1) is 0 Å². The van der Waals surface area contributed by atoms with Gasteiger partial charge in [0.2, 0.25) is 0 Å².